The van der Waals surface area contributed by atoms with Gasteiger partial charge in [0.15, 0.2) is 0 Å². The van der Waals surface area contributed by atoms with Crippen molar-refractivity contribution in [2.75, 3.05) is 13.6 Å². The van der Waals surface area contributed by atoms with Gasteiger partial charge in [-0.05, 0) is 36.5 Å². The quantitative estimate of drug-likeness (QED) is 0.868. The van der Waals surface area contributed by atoms with Crippen molar-refractivity contribution in [1.82, 2.24) is 15.5 Å². The maximum Gasteiger partial charge on any atom is 0.315 e. The number of rotatable bonds is 2. The molecule has 0 spiro atoms. The molecule has 5 nitrogen and oxygen atoms in total. The van der Waals surface area contributed by atoms with Gasteiger partial charge < -0.3 is 15.5 Å². The number of halogens is 2. The van der Waals surface area contributed by atoms with Crippen LogP contribution in [-0.2, 0) is 11.2 Å². The Bertz CT molecular complexity index is 635. The summed E-state index contributed by atoms with van der Waals surface area (Å²) in [6, 6.07) is 2.79. The maximum absolute atomic E-state index is 12.1. The lowest BCUT2D eigenvalue weighted by Crippen LogP contribution is -2.46. The fourth-order valence-corrected chi connectivity index (χ4v) is 3.54. The predicted octanol–water partition coefficient (Wildman–Crippen LogP) is 2.51. The maximum atomic E-state index is 12.1. The molecular weight excluding hydrogens is 325 g/mol. The van der Waals surface area contributed by atoms with Gasteiger partial charge in [0, 0.05) is 13.6 Å². The van der Waals surface area contributed by atoms with E-state index in [4.69, 9.17) is 23.2 Å². The summed E-state index contributed by atoms with van der Waals surface area (Å²) in [6.07, 6.45) is 2.21. The molecule has 0 aromatic heterocycles. The summed E-state index contributed by atoms with van der Waals surface area (Å²) < 4.78 is 0. The van der Waals surface area contributed by atoms with E-state index >= 15 is 0 Å². The summed E-state index contributed by atoms with van der Waals surface area (Å²) in [5.74, 6) is -0.0446. The summed E-state index contributed by atoms with van der Waals surface area (Å²) in [5, 5.41) is 6.76. The zero-order chi connectivity index (χ0) is 15.9. The number of nitrogens with one attached hydrogen (secondary N) is 2. The third-order valence-electron chi connectivity index (χ3n) is 4.33. The van der Waals surface area contributed by atoms with Crippen molar-refractivity contribution < 1.29 is 9.59 Å². The van der Waals surface area contributed by atoms with Crippen molar-refractivity contribution in [3.8, 4) is 0 Å². The monoisotopic (exact) mass is 341 g/mol. The second kappa shape index (κ2) is 5.97. The predicted molar refractivity (Wildman–Crippen MR) is 85.2 cm³/mol. The van der Waals surface area contributed by atoms with Gasteiger partial charge in [0.25, 0.3) is 0 Å². The van der Waals surface area contributed by atoms with Gasteiger partial charge in [0.05, 0.1) is 16.1 Å². The lowest BCUT2D eigenvalue weighted by molar-refractivity contribution is -0.128. The van der Waals surface area contributed by atoms with Gasteiger partial charge >= 0.3 is 6.03 Å². The molecule has 22 heavy (non-hydrogen) atoms. The van der Waals surface area contributed by atoms with Crippen LogP contribution in [0.2, 0.25) is 10.0 Å². The molecule has 1 saturated heterocycles. The zero-order valence-corrected chi connectivity index (χ0v) is 13.7. The van der Waals surface area contributed by atoms with Gasteiger partial charge in [0.1, 0.15) is 6.04 Å². The number of carbonyl (C=O) groups excluding carboxylic acids is 2. The van der Waals surface area contributed by atoms with E-state index < -0.39 is 6.04 Å². The van der Waals surface area contributed by atoms with Crippen LogP contribution in [0.25, 0.3) is 0 Å². The van der Waals surface area contributed by atoms with E-state index in [0.717, 1.165) is 24.0 Å². The molecule has 1 aromatic rings. The topological polar surface area (TPSA) is 61.4 Å². The fourth-order valence-electron chi connectivity index (χ4n) is 3.10. The fraction of sp³-hybridized carbons (Fsp3) is 0.467. The minimum absolute atomic E-state index is 0.0446. The first-order chi connectivity index (χ1) is 10.5. The first kappa shape index (κ1) is 15.4. The van der Waals surface area contributed by atoms with E-state index in [1.165, 1.54) is 0 Å². The highest BCUT2D eigenvalue weighted by molar-refractivity contribution is 6.42. The molecule has 2 atom stereocenters. The average molecular weight is 342 g/mol. The average Bonchev–Trinajstić information content (AvgIpc) is 3.02. The van der Waals surface area contributed by atoms with Gasteiger partial charge in [-0.1, -0.05) is 29.3 Å². The minimum Gasteiger partial charge on any atom is -0.344 e. The normalized spacial score (nSPS) is 23.6. The molecular formula is C15H17Cl2N3O2. The van der Waals surface area contributed by atoms with Crippen molar-refractivity contribution in [2.45, 2.75) is 31.3 Å². The van der Waals surface area contributed by atoms with Gasteiger partial charge in [-0.3, -0.25) is 4.79 Å². The van der Waals surface area contributed by atoms with E-state index in [0.29, 0.717) is 23.0 Å². The van der Waals surface area contributed by atoms with Crippen LogP contribution in [0.3, 0.4) is 0 Å². The number of nitrogens with zero attached hydrogens (tertiary/aromatic N) is 1. The highest BCUT2D eigenvalue weighted by Crippen LogP contribution is 2.38. The molecule has 0 unspecified atom stereocenters. The summed E-state index contributed by atoms with van der Waals surface area (Å²) in [4.78, 5) is 25.5. The summed E-state index contributed by atoms with van der Waals surface area (Å²) in [5.41, 5.74) is 2.00. The second-order valence-electron chi connectivity index (χ2n) is 5.74. The van der Waals surface area contributed by atoms with Crippen LogP contribution >= 0.6 is 23.2 Å². The van der Waals surface area contributed by atoms with Crippen molar-refractivity contribution in [2.24, 2.45) is 0 Å². The van der Waals surface area contributed by atoms with E-state index in [9.17, 15) is 9.59 Å². The summed E-state index contributed by atoms with van der Waals surface area (Å²) >= 11 is 12.2. The Hall–Kier alpha value is -1.46. The Morgan fingerprint density at radius 1 is 1.23 bits per heavy atom. The molecule has 0 bridgehead atoms. The SMILES string of the molecule is CN1CC[C@@H](NC(=O)N[C@H]2CCc3c2ccc(Cl)c3Cl)C1=O. The molecule has 1 aromatic carbocycles. The Labute approximate surface area is 138 Å². The van der Waals surface area contributed by atoms with Crippen molar-refractivity contribution in [1.29, 1.82) is 0 Å². The van der Waals surface area contributed by atoms with Gasteiger partial charge in [-0.15, -0.1) is 0 Å². The number of hydrogen-bond donors (Lipinski definition) is 2. The molecule has 118 valence electrons. The first-order valence-electron chi connectivity index (χ1n) is 7.26. The van der Waals surface area contributed by atoms with Crippen molar-refractivity contribution in [3.05, 3.63) is 33.3 Å². The highest BCUT2D eigenvalue weighted by atomic mass is 35.5. The number of amides is 3. The van der Waals surface area contributed by atoms with E-state index in [-0.39, 0.29) is 18.0 Å². The lowest BCUT2D eigenvalue weighted by atomic mass is 10.1. The first-order valence-corrected chi connectivity index (χ1v) is 8.01. The molecule has 1 fully saturated rings. The summed E-state index contributed by atoms with van der Waals surface area (Å²) in [6.45, 7) is 0.671. The molecule has 0 saturated carbocycles. The molecule has 3 rings (SSSR count). The molecule has 7 heteroatoms. The van der Waals surface area contributed by atoms with Crippen molar-refractivity contribution in [3.63, 3.8) is 0 Å². The molecule has 1 aliphatic carbocycles. The van der Waals surface area contributed by atoms with E-state index in [2.05, 4.69) is 10.6 Å². The number of hydrogen-bond acceptors (Lipinski definition) is 2. The summed E-state index contributed by atoms with van der Waals surface area (Å²) in [7, 11) is 1.74. The number of fused-ring (bicyclic) bond motifs is 1. The van der Waals surface area contributed by atoms with Crippen LogP contribution in [0.1, 0.15) is 30.0 Å². The standard InChI is InChI=1S/C15H17Cl2N3O2/c1-20-7-6-12(14(20)21)19-15(22)18-11-5-3-9-8(11)2-4-10(16)13(9)17/h2,4,11-12H,3,5-7H2,1H3,(H2,18,19,22)/t11-,12+/m0/s1. The van der Waals surface area contributed by atoms with Crippen LogP contribution in [0.5, 0.6) is 0 Å². The van der Waals surface area contributed by atoms with Gasteiger partial charge in [0.2, 0.25) is 5.91 Å². The second-order valence-corrected chi connectivity index (χ2v) is 6.52. The van der Waals surface area contributed by atoms with Crippen LogP contribution in [0.15, 0.2) is 12.1 Å². The number of likely N-dealkylation sites (tertiary alicyclic amines) is 1. The van der Waals surface area contributed by atoms with Crippen LogP contribution in [-0.4, -0.2) is 36.5 Å². The minimum atomic E-state index is -0.431. The highest BCUT2D eigenvalue weighted by Gasteiger charge is 2.32. The lowest BCUT2D eigenvalue weighted by Gasteiger charge is -2.17. The third kappa shape index (κ3) is 2.75. The number of carbonyl (C=O) groups is 2. The molecule has 1 aliphatic heterocycles. The Balaban J connectivity index is 1.65. The largest absolute Gasteiger partial charge is 0.344 e. The van der Waals surface area contributed by atoms with E-state index in [1.54, 1.807) is 18.0 Å². The smallest absolute Gasteiger partial charge is 0.315 e. The third-order valence-corrected chi connectivity index (χ3v) is 5.17. The van der Waals surface area contributed by atoms with Gasteiger partial charge in [-0.25, -0.2) is 4.79 Å². The number of likely N-dealkylation sites (N-methyl/N-ethyl adjacent to an activating group) is 1. The molecule has 2 aliphatic rings. The zero-order valence-electron chi connectivity index (χ0n) is 12.2. The van der Waals surface area contributed by atoms with Crippen LogP contribution in [0.4, 0.5) is 4.79 Å². The number of urea groups is 1. The van der Waals surface area contributed by atoms with Crippen molar-refractivity contribution >= 4 is 35.1 Å². The van der Waals surface area contributed by atoms with Gasteiger partial charge in [-0.2, -0.15) is 0 Å². The Morgan fingerprint density at radius 3 is 2.64 bits per heavy atom. The molecule has 1 heterocycles. The Morgan fingerprint density at radius 2 is 1.95 bits per heavy atom. The Kier molecular flexibility index (Phi) is 4.19. The van der Waals surface area contributed by atoms with Crippen LogP contribution < -0.4 is 10.6 Å². The number of benzene rings is 1. The van der Waals surface area contributed by atoms with Crippen LogP contribution in [0, 0.1) is 0 Å². The molecule has 2 N–H and O–H groups in total. The van der Waals surface area contributed by atoms with E-state index in [1.807, 2.05) is 6.07 Å². The molecule has 3 amide bonds. The molecule has 0 radical (unpaired) electrons.